The fourth-order valence-electron chi connectivity index (χ4n) is 8.59. The van der Waals surface area contributed by atoms with Gasteiger partial charge in [0, 0.05) is 22.4 Å². The third-order valence-corrected chi connectivity index (χ3v) is 11.2. The maximum Gasteiger partial charge on any atom is 0.239 e. The summed E-state index contributed by atoms with van der Waals surface area (Å²) in [5.74, 6) is 2.28. The van der Waals surface area contributed by atoms with Crippen LogP contribution in [0.25, 0.3) is 45.2 Å². The smallest absolute Gasteiger partial charge is 0.239 e. The van der Waals surface area contributed by atoms with E-state index in [4.69, 9.17) is 19.9 Å². The van der Waals surface area contributed by atoms with E-state index in [0.29, 0.717) is 23.4 Å². The first-order chi connectivity index (χ1) is 30.2. The molecule has 2 aromatic heterocycles. The Morgan fingerprint density at radius 3 is 1.23 bits per heavy atom. The largest absolute Gasteiger partial charge is 0.309 e. The van der Waals surface area contributed by atoms with Gasteiger partial charge < -0.3 is 4.90 Å². The molecule has 0 fully saturated rings. The molecule has 0 aliphatic rings. The molecule has 0 atom stereocenters. The molecule has 0 N–H and O–H groups in total. The van der Waals surface area contributed by atoms with Crippen LogP contribution >= 0.6 is 0 Å². The van der Waals surface area contributed by atoms with Crippen LogP contribution in [0.15, 0.2) is 182 Å². The molecule has 2 heterocycles. The third kappa shape index (κ3) is 8.11. The van der Waals surface area contributed by atoms with Gasteiger partial charge in [0.1, 0.15) is 5.82 Å². The Morgan fingerprint density at radius 2 is 0.726 bits per heavy atom. The monoisotopic (exact) mass is 804 g/mol. The van der Waals surface area contributed by atoms with E-state index in [1.807, 2.05) is 77.7 Å². The minimum atomic E-state index is 0.457. The number of rotatable bonds is 10. The molecule has 0 bridgehead atoms. The van der Waals surface area contributed by atoms with E-state index in [0.717, 1.165) is 44.9 Å². The van der Waals surface area contributed by atoms with Crippen molar-refractivity contribution in [2.24, 2.45) is 0 Å². The molecule has 0 unspecified atom stereocenters. The molecule has 0 aliphatic carbocycles. The Labute approximate surface area is 364 Å². The molecule has 6 nitrogen and oxygen atoms in total. The Balaban J connectivity index is 1.23. The number of aryl methyl sites for hydroxylation is 6. The van der Waals surface area contributed by atoms with E-state index in [9.17, 15) is 0 Å². The Bertz CT molecular complexity index is 2900. The summed E-state index contributed by atoms with van der Waals surface area (Å²) in [7, 11) is 0. The molecule has 9 aromatic rings. The number of anilines is 6. The van der Waals surface area contributed by atoms with E-state index in [-0.39, 0.29) is 0 Å². The van der Waals surface area contributed by atoms with Crippen LogP contribution in [0, 0.1) is 41.5 Å². The number of hydrogen-bond donors (Lipinski definition) is 0. The quantitative estimate of drug-likeness (QED) is 0.137. The van der Waals surface area contributed by atoms with Crippen LogP contribution in [0.2, 0.25) is 0 Å². The van der Waals surface area contributed by atoms with E-state index in [2.05, 4.69) is 156 Å². The molecule has 0 amide bonds. The molecule has 302 valence electrons. The lowest BCUT2D eigenvalue weighted by Crippen LogP contribution is -2.18. The second kappa shape index (κ2) is 17.1. The van der Waals surface area contributed by atoms with Crippen molar-refractivity contribution in [2.45, 2.75) is 41.5 Å². The standard InChI is InChI=1S/C56H48N6/c1-37-33-39(3)52(40(4)34-37)62(53-41(5)35-38(2)36-42(53)6)49-31-29-48(30-32-49)61(51-24-16-23-50(57-51)45-19-12-8-13-20-45)56-59-54(46-21-14-9-15-22-46)58-55(60-56)47-27-25-44(26-28-47)43-17-10-7-11-18-43/h7-36H,1-6H3. The summed E-state index contributed by atoms with van der Waals surface area (Å²) in [5.41, 5.74) is 17.6. The predicted octanol–water partition coefficient (Wildman–Crippen LogP) is 14.7. The van der Waals surface area contributed by atoms with Crippen molar-refractivity contribution >= 4 is 34.5 Å². The van der Waals surface area contributed by atoms with E-state index in [1.54, 1.807) is 0 Å². The van der Waals surface area contributed by atoms with Gasteiger partial charge in [0.25, 0.3) is 0 Å². The molecule has 0 saturated heterocycles. The fourth-order valence-corrected chi connectivity index (χ4v) is 8.59. The molecule has 9 rings (SSSR count). The lowest BCUT2D eigenvalue weighted by atomic mass is 9.99. The zero-order valence-electron chi connectivity index (χ0n) is 36.0. The molecule has 0 aliphatic heterocycles. The first-order valence-electron chi connectivity index (χ1n) is 21.1. The first kappa shape index (κ1) is 39.7. The van der Waals surface area contributed by atoms with Gasteiger partial charge >= 0.3 is 0 Å². The molecule has 0 saturated carbocycles. The van der Waals surface area contributed by atoms with E-state index >= 15 is 0 Å². The lowest BCUT2D eigenvalue weighted by Gasteiger charge is -2.32. The van der Waals surface area contributed by atoms with Gasteiger partial charge in [-0.3, -0.25) is 4.90 Å². The maximum absolute atomic E-state index is 5.28. The Hall–Kier alpha value is -7.70. The second-order valence-corrected chi connectivity index (χ2v) is 16.0. The fraction of sp³-hybridized carbons (Fsp3) is 0.107. The number of hydrogen-bond acceptors (Lipinski definition) is 6. The number of nitrogens with zero attached hydrogens (tertiary/aromatic N) is 6. The third-order valence-electron chi connectivity index (χ3n) is 11.2. The topological polar surface area (TPSA) is 58.0 Å². The highest BCUT2D eigenvalue weighted by Crippen LogP contribution is 2.44. The van der Waals surface area contributed by atoms with Crippen LogP contribution in [0.3, 0.4) is 0 Å². The summed E-state index contributed by atoms with van der Waals surface area (Å²) in [6.07, 6.45) is 0. The normalized spacial score (nSPS) is 11.1. The van der Waals surface area contributed by atoms with Gasteiger partial charge in [-0.2, -0.15) is 9.97 Å². The zero-order valence-corrected chi connectivity index (χ0v) is 36.0. The van der Waals surface area contributed by atoms with Crippen molar-refractivity contribution in [1.29, 1.82) is 0 Å². The Kier molecular flexibility index (Phi) is 11.0. The van der Waals surface area contributed by atoms with Gasteiger partial charge in [-0.05, 0) is 111 Å². The van der Waals surface area contributed by atoms with Crippen molar-refractivity contribution < 1.29 is 0 Å². The number of benzene rings is 7. The molecular weight excluding hydrogens is 757 g/mol. The first-order valence-corrected chi connectivity index (χ1v) is 21.1. The summed E-state index contributed by atoms with van der Waals surface area (Å²) in [4.78, 5) is 25.3. The van der Waals surface area contributed by atoms with Crippen LogP contribution in [-0.4, -0.2) is 19.9 Å². The summed E-state index contributed by atoms with van der Waals surface area (Å²) in [5, 5.41) is 0. The molecule has 0 radical (unpaired) electrons. The van der Waals surface area contributed by atoms with Gasteiger partial charge in [-0.15, -0.1) is 0 Å². The second-order valence-electron chi connectivity index (χ2n) is 16.0. The minimum Gasteiger partial charge on any atom is -0.309 e. The summed E-state index contributed by atoms with van der Waals surface area (Å²) in [6, 6.07) is 63.0. The molecule has 0 spiro atoms. The van der Waals surface area contributed by atoms with E-state index in [1.165, 1.54) is 44.8 Å². The highest BCUT2D eigenvalue weighted by Gasteiger charge is 2.24. The van der Waals surface area contributed by atoms with Crippen molar-refractivity contribution in [2.75, 3.05) is 9.80 Å². The Morgan fingerprint density at radius 1 is 0.323 bits per heavy atom. The number of pyridine rings is 1. The summed E-state index contributed by atoms with van der Waals surface area (Å²) < 4.78 is 0. The highest BCUT2D eigenvalue weighted by molar-refractivity contribution is 5.85. The highest BCUT2D eigenvalue weighted by atomic mass is 15.3. The van der Waals surface area contributed by atoms with Crippen molar-refractivity contribution in [3.8, 4) is 45.2 Å². The van der Waals surface area contributed by atoms with Crippen LogP contribution < -0.4 is 9.80 Å². The van der Waals surface area contributed by atoms with E-state index < -0.39 is 0 Å². The van der Waals surface area contributed by atoms with Crippen LogP contribution in [-0.2, 0) is 0 Å². The zero-order chi connectivity index (χ0) is 42.7. The van der Waals surface area contributed by atoms with Gasteiger partial charge in [0.15, 0.2) is 11.6 Å². The van der Waals surface area contributed by atoms with Crippen molar-refractivity contribution in [1.82, 2.24) is 19.9 Å². The maximum atomic E-state index is 5.28. The van der Waals surface area contributed by atoms with Crippen molar-refractivity contribution in [3.05, 3.63) is 215 Å². The molecule has 6 heteroatoms. The van der Waals surface area contributed by atoms with Crippen LogP contribution in [0.4, 0.5) is 34.5 Å². The lowest BCUT2D eigenvalue weighted by molar-refractivity contribution is 1.01. The average Bonchev–Trinajstić information content (AvgIpc) is 3.29. The molecular formula is C56H48N6. The summed E-state index contributed by atoms with van der Waals surface area (Å²) >= 11 is 0. The van der Waals surface area contributed by atoms with Crippen LogP contribution in [0.5, 0.6) is 0 Å². The summed E-state index contributed by atoms with van der Waals surface area (Å²) in [6.45, 7) is 13.2. The SMILES string of the molecule is Cc1cc(C)c(N(c2ccc(N(c3cccc(-c4ccccc4)n3)c3nc(-c4ccccc4)nc(-c4ccc(-c5ccccc5)cc4)n3)cc2)c2c(C)cc(C)cc2C)c(C)c1. The predicted molar refractivity (Wildman–Crippen MR) is 257 cm³/mol. The molecule has 7 aromatic carbocycles. The minimum absolute atomic E-state index is 0.457. The average molecular weight is 805 g/mol. The van der Waals surface area contributed by atoms with Gasteiger partial charge in [0.05, 0.1) is 22.8 Å². The number of aromatic nitrogens is 4. The van der Waals surface area contributed by atoms with Crippen LogP contribution in [0.1, 0.15) is 33.4 Å². The van der Waals surface area contributed by atoms with Crippen molar-refractivity contribution in [3.63, 3.8) is 0 Å². The molecule has 62 heavy (non-hydrogen) atoms. The van der Waals surface area contributed by atoms with Gasteiger partial charge in [-0.1, -0.05) is 157 Å². The van der Waals surface area contributed by atoms with Gasteiger partial charge in [-0.25, -0.2) is 9.97 Å². The van der Waals surface area contributed by atoms with Gasteiger partial charge in [0.2, 0.25) is 5.95 Å².